The number of carbonyl (C=O) groups is 2. The maximum absolute atomic E-state index is 12.3. The molecule has 2 atom stereocenters. The van der Waals surface area contributed by atoms with Crippen LogP contribution in [0.4, 0.5) is 0 Å². The number of nitriles is 1. The largest absolute Gasteiger partial charge is 0.452 e. The van der Waals surface area contributed by atoms with Gasteiger partial charge in [-0.25, -0.2) is 4.79 Å². The summed E-state index contributed by atoms with van der Waals surface area (Å²) in [6.07, 6.45) is 3.08. The van der Waals surface area contributed by atoms with E-state index in [2.05, 4.69) is 0 Å². The van der Waals surface area contributed by atoms with Crippen molar-refractivity contribution >= 4 is 11.9 Å². The molecule has 0 N–H and O–H groups in total. The van der Waals surface area contributed by atoms with Crippen LogP contribution in [0.25, 0.3) is 0 Å². The molecule has 1 amide bonds. The molecule has 1 aromatic rings. The van der Waals surface area contributed by atoms with Gasteiger partial charge in [-0.05, 0) is 51.3 Å². The number of likely N-dealkylation sites (tertiary alicyclic amines) is 1. The summed E-state index contributed by atoms with van der Waals surface area (Å²) in [6, 6.07) is 8.58. The van der Waals surface area contributed by atoms with E-state index in [0.717, 1.165) is 19.3 Å². The third-order valence-electron chi connectivity index (χ3n) is 4.04. The molecule has 1 heterocycles. The van der Waals surface area contributed by atoms with Crippen LogP contribution in [0.15, 0.2) is 24.3 Å². The van der Waals surface area contributed by atoms with Crippen molar-refractivity contribution in [3.63, 3.8) is 0 Å². The second kappa shape index (κ2) is 7.08. The summed E-state index contributed by atoms with van der Waals surface area (Å²) in [6.45, 7) is 3.78. The number of esters is 1. The predicted octanol–water partition coefficient (Wildman–Crippen LogP) is 2.50. The van der Waals surface area contributed by atoms with E-state index in [0.29, 0.717) is 5.56 Å². The third kappa shape index (κ3) is 3.64. The number of hydrogen-bond acceptors (Lipinski definition) is 4. The Kier molecular flexibility index (Phi) is 5.16. The normalized spacial score (nSPS) is 21.0. The van der Waals surface area contributed by atoms with Gasteiger partial charge in [0.05, 0.1) is 17.2 Å². The molecule has 0 bridgehead atoms. The van der Waals surface area contributed by atoms with Crippen LogP contribution in [0.2, 0.25) is 0 Å². The zero-order valence-corrected chi connectivity index (χ0v) is 12.9. The lowest BCUT2D eigenvalue weighted by atomic mass is 9.97. The van der Waals surface area contributed by atoms with E-state index in [1.165, 1.54) is 6.07 Å². The van der Waals surface area contributed by atoms with Gasteiger partial charge in [0, 0.05) is 12.1 Å². The van der Waals surface area contributed by atoms with Crippen LogP contribution < -0.4 is 0 Å². The van der Waals surface area contributed by atoms with Crippen molar-refractivity contribution in [2.75, 3.05) is 6.61 Å². The summed E-state index contributed by atoms with van der Waals surface area (Å²) < 4.78 is 5.10. The molecule has 1 aliphatic heterocycles. The smallest absolute Gasteiger partial charge is 0.338 e. The second-order valence-electron chi connectivity index (χ2n) is 5.70. The molecule has 0 unspecified atom stereocenters. The van der Waals surface area contributed by atoms with E-state index in [1.807, 2.05) is 24.8 Å². The maximum Gasteiger partial charge on any atom is 0.338 e. The van der Waals surface area contributed by atoms with E-state index < -0.39 is 5.97 Å². The van der Waals surface area contributed by atoms with Crippen molar-refractivity contribution in [3.05, 3.63) is 35.4 Å². The molecule has 5 nitrogen and oxygen atoms in total. The summed E-state index contributed by atoms with van der Waals surface area (Å²) in [7, 11) is 0. The summed E-state index contributed by atoms with van der Waals surface area (Å²) >= 11 is 0. The predicted molar refractivity (Wildman–Crippen MR) is 81.1 cm³/mol. The lowest BCUT2D eigenvalue weighted by Crippen LogP contribution is -2.49. The molecule has 1 saturated heterocycles. The Labute approximate surface area is 130 Å². The highest BCUT2D eigenvalue weighted by Gasteiger charge is 2.29. The average molecular weight is 300 g/mol. The number of rotatable bonds is 3. The van der Waals surface area contributed by atoms with Gasteiger partial charge in [-0.1, -0.05) is 6.07 Å². The lowest BCUT2D eigenvalue weighted by Gasteiger charge is -2.38. The quantitative estimate of drug-likeness (QED) is 0.804. The van der Waals surface area contributed by atoms with Crippen LogP contribution in [-0.4, -0.2) is 35.5 Å². The topological polar surface area (TPSA) is 70.4 Å². The Morgan fingerprint density at radius 2 is 2.00 bits per heavy atom. The fourth-order valence-electron chi connectivity index (χ4n) is 2.91. The summed E-state index contributed by atoms with van der Waals surface area (Å²) in [5, 5.41) is 8.83. The first-order chi connectivity index (χ1) is 10.5. The molecule has 0 radical (unpaired) electrons. The number of ether oxygens (including phenoxy) is 1. The first kappa shape index (κ1) is 16.0. The summed E-state index contributed by atoms with van der Waals surface area (Å²) in [5.41, 5.74) is 0.672. The number of carbonyl (C=O) groups excluding carboxylic acids is 2. The SMILES string of the molecule is C[C@@H]1CCC[C@@H](C)N1C(=O)COC(=O)c1cccc(C#N)c1. The fraction of sp³-hybridized carbons (Fsp3) is 0.471. The van der Waals surface area contributed by atoms with E-state index in [1.54, 1.807) is 18.2 Å². The first-order valence-electron chi connectivity index (χ1n) is 7.51. The average Bonchev–Trinajstić information content (AvgIpc) is 2.52. The number of hydrogen-bond donors (Lipinski definition) is 0. The zero-order valence-electron chi connectivity index (χ0n) is 12.9. The molecule has 0 spiro atoms. The number of benzene rings is 1. The number of nitrogens with zero attached hydrogens (tertiary/aromatic N) is 2. The third-order valence-corrected chi connectivity index (χ3v) is 4.04. The molecule has 1 aliphatic rings. The van der Waals surface area contributed by atoms with Gasteiger partial charge >= 0.3 is 5.97 Å². The van der Waals surface area contributed by atoms with Gasteiger partial charge in [-0.2, -0.15) is 5.26 Å². The minimum atomic E-state index is -0.581. The monoisotopic (exact) mass is 300 g/mol. The highest BCUT2D eigenvalue weighted by molar-refractivity contribution is 5.91. The number of piperidine rings is 1. The molecule has 5 heteroatoms. The fourth-order valence-corrected chi connectivity index (χ4v) is 2.91. The summed E-state index contributed by atoms with van der Waals surface area (Å²) in [5.74, 6) is -0.743. The van der Waals surface area contributed by atoms with Gasteiger partial charge in [0.25, 0.3) is 5.91 Å². The first-order valence-corrected chi connectivity index (χ1v) is 7.51. The molecule has 1 fully saturated rings. The molecule has 1 aromatic carbocycles. The second-order valence-corrected chi connectivity index (χ2v) is 5.70. The standard InChI is InChI=1S/C17H20N2O3/c1-12-5-3-6-13(2)19(12)16(20)11-22-17(21)15-8-4-7-14(9-15)10-18/h4,7-9,12-13H,3,5-6,11H2,1-2H3/t12-,13-/m1/s1. The van der Waals surface area contributed by atoms with Crippen LogP contribution in [0.5, 0.6) is 0 Å². The van der Waals surface area contributed by atoms with Gasteiger partial charge in [-0.15, -0.1) is 0 Å². The van der Waals surface area contributed by atoms with Gasteiger partial charge in [0.2, 0.25) is 0 Å². The highest BCUT2D eigenvalue weighted by atomic mass is 16.5. The van der Waals surface area contributed by atoms with Crippen molar-refractivity contribution in [1.82, 2.24) is 4.90 Å². The molecular formula is C17H20N2O3. The molecular weight excluding hydrogens is 280 g/mol. The molecule has 0 aromatic heterocycles. The molecule has 2 rings (SSSR count). The van der Waals surface area contributed by atoms with Crippen LogP contribution in [0.1, 0.15) is 49.0 Å². The lowest BCUT2D eigenvalue weighted by molar-refractivity contribution is -0.140. The Hall–Kier alpha value is -2.35. The van der Waals surface area contributed by atoms with Crippen LogP contribution in [0.3, 0.4) is 0 Å². The van der Waals surface area contributed by atoms with E-state index in [-0.39, 0.29) is 30.2 Å². The molecule has 116 valence electrons. The van der Waals surface area contributed by atoms with Crippen molar-refractivity contribution in [2.45, 2.75) is 45.2 Å². The zero-order chi connectivity index (χ0) is 16.1. The summed E-state index contributed by atoms with van der Waals surface area (Å²) in [4.78, 5) is 26.0. The van der Waals surface area contributed by atoms with E-state index >= 15 is 0 Å². The van der Waals surface area contributed by atoms with E-state index in [4.69, 9.17) is 10.00 Å². The molecule has 0 aliphatic carbocycles. The van der Waals surface area contributed by atoms with Crippen molar-refractivity contribution in [3.8, 4) is 6.07 Å². The van der Waals surface area contributed by atoms with Gasteiger partial charge in [0.15, 0.2) is 6.61 Å². The van der Waals surface area contributed by atoms with Crippen LogP contribution >= 0.6 is 0 Å². The number of amides is 1. The van der Waals surface area contributed by atoms with Crippen molar-refractivity contribution in [1.29, 1.82) is 5.26 Å². The maximum atomic E-state index is 12.3. The van der Waals surface area contributed by atoms with Gasteiger partial charge in [0.1, 0.15) is 0 Å². The highest BCUT2D eigenvalue weighted by Crippen LogP contribution is 2.22. The Morgan fingerprint density at radius 1 is 1.32 bits per heavy atom. The minimum absolute atomic E-state index is 0.163. The van der Waals surface area contributed by atoms with Crippen LogP contribution in [0, 0.1) is 11.3 Å². The van der Waals surface area contributed by atoms with Crippen molar-refractivity contribution in [2.24, 2.45) is 0 Å². The molecule has 0 saturated carbocycles. The van der Waals surface area contributed by atoms with Crippen molar-refractivity contribution < 1.29 is 14.3 Å². The van der Waals surface area contributed by atoms with Gasteiger partial charge in [-0.3, -0.25) is 4.79 Å². The van der Waals surface area contributed by atoms with E-state index in [9.17, 15) is 9.59 Å². The van der Waals surface area contributed by atoms with Gasteiger partial charge < -0.3 is 9.64 Å². The molecule has 22 heavy (non-hydrogen) atoms. The Bertz CT molecular complexity index is 596. The van der Waals surface area contributed by atoms with Crippen LogP contribution in [-0.2, 0) is 9.53 Å². The Balaban J connectivity index is 1.95. The Morgan fingerprint density at radius 3 is 2.64 bits per heavy atom. The minimum Gasteiger partial charge on any atom is -0.452 e.